The van der Waals surface area contributed by atoms with Crippen molar-refractivity contribution in [1.29, 1.82) is 0 Å². The number of ketones is 1. The molecule has 34 heavy (non-hydrogen) atoms. The zero-order valence-corrected chi connectivity index (χ0v) is 18.5. The van der Waals surface area contributed by atoms with E-state index in [0.29, 0.717) is 5.56 Å². The molecule has 0 saturated carbocycles. The molecule has 2 aromatic carbocycles. The van der Waals surface area contributed by atoms with E-state index < -0.39 is 43.4 Å². The Hall–Kier alpha value is -3.09. The minimum absolute atomic E-state index is 0.0280. The summed E-state index contributed by atoms with van der Waals surface area (Å²) in [5.41, 5.74) is 0.628. The Morgan fingerprint density at radius 3 is 2.41 bits per heavy atom. The van der Waals surface area contributed by atoms with Gasteiger partial charge < -0.3 is 49.2 Å². The minimum atomic E-state index is -1.66. The number of aliphatic hydroxyl groups is 4. The number of hydrogen-bond acceptors (Lipinski definition) is 11. The molecule has 0 unspecified atom stereocenters. The maximum atomic E-state index is 13.1. The Morgan fingerprint density at radius 1 is 1.00 bits per heavy atom. The fraction of sp³-hybridized carbons (Fsp3) is 0.435. The molecule has 0 spiro atoms. The molecule has 5 N–H and O–H groups in total. The molecule has 0 bridgehead atoms. The summed E-state index contributed by atoms with van der Waals surface area (Å²) in [6, 6.07) is 7.59. The van der Waals surface area contributed by atoms with E-state index in [4.69, 9.17) is 23.7 Å². The summed E-state index contributed by atoms with van der Waals surface area (Å²) in [7, 11) is 2.83. The highest BCUT2D eigenvalue weighted by molar-refractivity contribution is 6.03. The van der Waals surface area contributed by atoms with Crippen LogP contribution in [0.3, 0.4) is 0 Å². The Balaban J connectivity index is 1.65. The van der Waals surface area contributed by atoms with Gasteiger partial charge in [-0.3, -0.25) is 4.79 Å². The van der Waals surface area contributed by atoms with Crippen LogP contribution in [-0.2, 0) is 4.74 Å². The lowest BCUT2D eigenvalue weighted by Crippen LogP contribution is -2.60. The fourth-order valence-electron chi connectivity index (χ4n) is 3.99. The second-order valence-electron chi connectivity index (χ2n) is 7.98. The molecule has 11 heteroatoms. The summed E-state index contributed by atoms with van der Waals surface area (Å²) >= 11 is 0. The molecular weight excluding hydrogens is 452 g/mol. The molecule has 184 valence electrons. The first-order chi connectivity index (χ1) is 16.3. The van der Waals surface area contributed by atoms with Crippen molar-refractivity contribution in [2.24, 2.45) is 0 Å². The summed E-state index contributed by atoms with van der Waals surface area (Å²) in [6.45, 7) is -0.626. The van der Waals surface area contributed by atoms with Gasteiger partial charge >= 0.3 is 0 Å². The Kier molecular flexibility index (Phi) is 6.82. The Morgan fingerprint density at radius 2 is 1.76 bits per heavy atom. The smallest absolute Gasteiger partial charge is 0.229 e. The number of carbonyl (C=O) groups is 1. The van der Waals surface area contributed by atoms with E-state index in [2.05, 4.69) is 0 Å². The molecule has 2 heterocycles. The maximum absolute atomic E-state index is 13.1. The zero-order chi connectivity index (χ0) is 24.6. The normalized spacial score (nSPS) is 28.6. The number of carbonyl (C=O) groups excluding carboxylic acids is 1. The quantitative estimate of drug-likeness (QED) is 0.388. The number of aromatic hydroxyl groups is 1. The maximum Gasteiger partial charge on any atom is 0.229 e. The van der Waals surface area contributed by atoms with E-state index in [1.165, 1.54) is 32.4 Å². The number of benzene rings is 2. The van der Waals surface area contributed by atoms with Crippen LogP contribution in [0.4, 0.5) is 0 Å². The first-order valence-corrected chi connectivity index (χ1v) is 10.5. The van der Waals surface area contributed by atoms with Crippen molar-refractivity contribution in [2.45, 2.75) is 43.2 Å². The van der Waals surface area contributed by atoms with Gasteiger partial charge in [0.15, 0.2) is 17.3 Å². The summed E-state index contributed by atoms with van der Waals surface area (Å²) < 4.78 is 27.5. The number of ether oxygens (including phenoxy) is 5. The number of aliphatic hydroxyl groups excluding tert-OH is 4. The first-order valence-electron chi connectivity index (χ1n) is 10.5. The van der Waals surface area contributed by atoms with Gasteiger partial charge in [0, 0.05) is 12.1 Å². The monoisotopic (exact) mass is 478 g/mol. The molecule has 1 saturated heterocycles. The van der Waals surface area contributed by atoms with Crippen molar-refractivity contribution in [3.8, 4) is 28.7 Å². The molecule has 2 aliphatic heterocycles. The van der Waals surface area contributed by atoms with E-state index in [0.717, 1.165) is 0 Å². The van der Waals surface area contributed by atoms with Gasteiger partial charge in [-0.1, -0.05) is 6.07 Å². The van der Waals surface area contributed by atoms with E-state index in [1.54, 1.807) is 12.1 Å². The van der Waals surface area contributed by atoms with Crippen LogP contribution in [0.15, 0.2) is 30.3 Å². The largest absolute Gasteiger partial charge is 0.504 e. The average molecular weight is 478 g/mol. The lowest BCUT2D eigenvalue weighted by molar-refractivity contribution is -0.277. The number of phenols is 1. The van der Waals surface area contributed by atoms with E-state index in [9.17, 15) is 30.3 Å². The number of hydrogen-bond donors (Lipinski definition) is 5. The van der Waals surface area contributed by atoms with Gasteiger partial charge in [-0.15, -0.1) is 0 Å². The third-order valence-electron chi connectivity index (χ3n) is 5.86. The highest BCUT2D eigenvalue weighted by Gasteiger charge is 2.45. The van der Waals surface area contributed by atoms with Gasteiger partial charge in [0.05, 0.1) is 27.2 Å². The molecular formula is C23H26O11. The number of rotatable bonds is 6. The van der Waals surface area contributed by atoms with Crippen molar-refractivity contribution in [3.63, 3.8) is 0 Å². The van der Waals surface area contributed by atoms with Crippen LogP contribution in [0, 0.1) is 0 Å². The van der Waals surface area contributed by atoms with Crippen LogP contribution >= 0.6 is 0 Å². The van der Waals surface area contributed by atoms with Crippen LogP contribution in [0.25, 0.3) is 0 Å². The average Bonchev–Trinajstić information content (AvgIpc) is 2.83. The second-order valence-corrected chi connectivity index (χ2v) is 7.98. The number of Topliss-reactive ketones (excluding diaryl/α,β-unsaturated/α-hetero) is 1. The number of phenolic OH excluding ortho intramolecular Hbond substituents is 1. The summed E-state index contributed by atoms with van der Waals surface area (Å²) in [5, 5.41) is 49.8. The molecule has 0 aromatic heterocycles. The lowest BCUT2D eigenvalue weighted by Gasteiger charge is -2.40. The van der Waals surface area contributed by atoms with Gasteiger partial charge in [-0.05, 0) is 17.7 Å². The van der Waals surface area contributed by atoms with E-state index >= 15 is 0 Å². The van der Waals surface area contributed by atoms with Crippen molar-refractivity contribution in [1.82, 2.24) is 0 Å². The predicted octanol–water partition coefficient (Wildman–Crippen LogP) is 0.295. The Bertz CT molecular complexity index is 1050. The molecule has 11 nitrogen and oxygen atoms in total. The summed E-state index contributed by atoms with van der Waals surface area (Å²) in [5.74, 6) is 0.241. The first kappa shape index (κ1) is 24.0. The van der Waals surface area contributed by atoms with Crippen LogP contribution in [-0.4, -0.2) is 82.8 Å². The van der Waals surface area contributed by atoms with Crippen molar-refractivity contribution in [2.75, 3.05) is 20.8 Å². The molecule has 0 amide bonds. The van der Waals surface area contributed by atoms with Gasteiger partial charge in [0.25, 0.3) is 0 Å². The summed E-state index contributed by atoms with van der Waals surface area (Å²) in [4.78, 5) is 13.1. The predicted molar refractivity (Wildman–Crippen MR) is 114 cm³/mol. The third kappa shape index (κ3) is 4.36. The molecule has 0 aliphatic carbocycles. The molecule has 0 radical (unpaired) electrons. The van der Waals surface area contributed by atoms with Gasteiger partial charge in [0.1, 0.15) is 53.3 Å². The van der Waals surface area contributed by atoms with Crippen LogP contribution in [0.5, 0.6) is 28.7 Å². The van der Waals surface area contributed by atoms with Crippen LogP contribution in [0.1, 0.15) is 28.4 Å². The van der Waals surface area contributed by atoms with Gasteiger partial charge in [0.2, 0.25) is 6.29 Å². The molecule has 1 fully saturated rings. The standard InChI is InChI=1S/C23H26O11/c1-30-11-6-16-19(13(26)8-15(32-16)10-3-4-14(31-2)12(25)5-10)17(7-11)33-23-22(29)21(28)20(27)18(9-24)34-23/h3-7,15,18,20-25,27-29H,8-9H2,1-2H3/t15-,18-,20+,21-,22+,23+/m0/s1. The van der Waals surface area contributed by atoms with E-state index in [1.807, 2.05) is 0 Å². The Labute approximate surface area is 194 Å². The van der Waals surface area contributed by atoms with Crippen molar-refractivity contribution in [3.05, 3.63) is 41.5 Å². The molecule has 4 rings (SSSR count). The number of methoxy groups -OCH3 is 2. The zero-order valence-electron chi connectivity index (χ0n) is 18.5. The molecule has 2 aromatic rings. The number of fused-ring (bicyclic) bond motifs is 1. The lowest BCUT2D eigenvalue weighted by atomic mass is 9.95. The topological polar surface area (TPSA) is 164 Å². The highest BCUT2D eigenvalue weighted by atomic mass is 16.7. The van der Waals surface area contributed by atoms with Gasteiger partial charge in [-0.2, -0.15) is 0 Å². The van der Waals surface area contributed by atoms with Crippen LogP contribution < -0.4 is 18.9 Å². The minimum Gasteiger partial charge on any atom is -0.504 e. The molecule has 2 aliphatic rings. The van der Waals surface area contributed by atoms with Gasteiger partial charge in [-0.25, -0.2) is 0 Å². The summed E-state index contributed by atoms with van der Waals surface area (Å²) in [6.07, 6.45) is -8.30. The SMILES string of the molecule is COc1cc(O[C@@H]2O[C@@H](CO)[C@@H](O)[C@H](O)[C@H]2O)c2c(c1)O[C@H](c1ccc(OC)c(O)c1)CC2=O. The van der Waals surface area contributed by atoms with Crippen LogP contribution in [0.2, 0.25) is 0 Å². The van der Waals surface area contributed by atoms with Crippen molar-refractivity contribution < 1.29 is 54.0 Å². The van der Waals surface area contributed by atoms with E-state index in [-0.39, 0.29) is 46.5 Å². The second kappa shape index (κ2) is 9.65. The fourth-order valence-corrected chi connectivity index (χ4v) is 3.99. The highest BCUT2D eigenvalue weighted by Crippen LogP contribution is 2.44. The third-order valence-corrected chi connectivity index (χ3v) is 5.86. The molecule has 6 atom stereocenters. The van der Waals surface area contributed by atoms with Crippen molar-refractivity contribution >= 4 is 5.78 Å².